The molecule has 5 atom stereocenters. The van der Waals surface area contributed by atoms with Crippen LogP contribution in [0.2, 0.25) is 0 Å². The Labute approximate surface area is 84.6 Å². The van der Waals surface area contributed by atoms with Crippen LogP contribution in [0.25, 0.3) is 0 Å². The van der Waals surface area contributed by atoms with Gasteiger partial charge in [0.2, 0.25) is 5.91 Å². The van der Waals surface area contributed by atoms with Gasteiger partial charge in [0.15, 0.2) is 0 Å². The van der Waals surface area contributed by atoms with Gasteiger partial charge in [-0.15, -0.1) is 0 Å². The lowest BCUT2D eigenvalue weighted by molar-refractivity contribution is -0.123. The van der Waals surface area contributed by atoms with Crippen LogP contribution >= 0.6 is 0 Å². The van der Waals surface area contributed by atoms with E-state index in [9.17, 15) is 4.79 Å². The van der Waals surface area contributed by atoms with Crippen molar-refractivity contribution in [2.75, 3.05) is 13.1 Å². The molecular formula is C11H18N2O. The molecule has 0 radical (unpaired) electrons. The molecule has 2 saturated carbocycles. The van der Waals surface area contributed by atoms with Crippen molar-refractivity contribution >= 4 is 5.91 Å². The van der Waals surface area contributed by atoms with Crippen LogP contribution in [0.4, 0.5) is 0 Å². The van der Waals surface area contributed by atoms with Crippen molar-refractivity contribution in [3.05, 3.63) is 0 Å². The van der Waals surface area contributed by atoms with Crippen LogP contribution in [0.5, 0.6) is 0 Å². The molecule has 1 amide bonds. The fourth-order valence-electron chi connectivity index (χ4n) is 2.96. The minimum absolute atomic E-state index is 0.336. The maximum atomic E-state index is 11.8. The Morgan fingerprint density at radius 2 is 2.14 bits per heavy atom. The summed E-state index contributed by atoms with van der Waals surface area (Å²) in [5.41, 5.74) is 0. The zero-order valence-electron chi connectivity index (χ0n) is 8.62. The van der Waals surface area contributed by atoms with Crippen molar-refractivity contribution in [1.29, 1.82) is 0 Å². The summed E-state index contributed by atoms with van der Waals surface area (Å²) in [5.74, 6) is 2.79. The van der Waals surface area contributed by atoms with Gasteiger partial charge in [0.1, 0.15) is 0 Å². The molecule has 78 valence electrons. The van der Waals surface area contributed by atoms with Gasteiger partial charge in [0.05, 0.1) is 0 Å². The summed E-state index contributed by atoms with van der Waals surface area (Å²) < 4.78 is 0. The molecule has 14 heavy (non-hydrogen) atoms. The van der Waals surface area contributed by atoms with E-state index in [-0.39, 0.29) is 0 Å². The number of hydrogen-bond acceptors (Lipinski definition) is 2. The van der Waals surface area contributed by atoms with E-state index < -0.39 is 0 Å². The molecule has 1 saturated heterocycles. The first-order chi connectivity index (χ1) is 6.81. The minimum Gasteiger partial charge on any atom is -0.353 e. The molecule has 3 nitrogen and oxygen atoms in total. The summed E-state index contributed by atoms with van der Waals surface area (Å²) >= 11 is 0. The van der Waals surface area contributed by atoms with Crippen molar-refractivity contribution in [2.45, 2.75) is 25.8 Å². The van der Waals surface area contributed by atoms with Crippen LogP contribution in [-0.2, 0) is 4.79 Å². The Morgan fingerprint density at radius 3 is 2.71 bits per heavy atom. The van der Waals surface area contributed by atoms with Crippen molar-refractivity contribution in [2.24, 2.45) is 23.7 Å². The summed E-state index contributed by atoms with van der Waals surface area (Å²) in [6.45, 7) is 4.32. The molecule has 0 aromatic rings. The molecule has 1 heterocycles. The molecule has 0 spiro atoms. The van der Waals surface area contributed by atoms with Crippen LogP contribution in [-0.4, -0.2) is 25.0 Å². The lowest BCUT2D eigenvalue weighted by atomic mass is 10.2. The van der Waals surface area contributed by atoms with Gasteiger partial charge in [-0.05, 0) is 37.3 Å². The average Bonchev–Trinajstić information content (AvgIpc) is 3.04. The number of carbonyl (C=O) groups is 1. The molecule has 2 N–H and O–H groups in total. The molecular weight excluding hydrogens is 176 g/mol. The fourth-order valence-corrected chi connectivity index (χ4v) is 2.96. The molecule has 1 aliphatic heterocycles. The molecule has 0 bridgehead atoms. The van der Waals surface area contributed by atoms with Gasteiger partial charge >= 0.3 is 0 Å². The Morgan fingerprint density at radius 1 is 1.43 bits per heavy atom. The SMILES string of the molecule is CCC1CC1NC(=O)C1[C@H]2CNC[C@@H]12. The van der Waals surface area contributed by atoms with Crippen LogP contribution in [0.1, 0.15) is 19.8 Å². The quantitative estimate of drug-likeness (QED) is 0.681. The standard InChI is InChI=1S/C11H18N2O/c1-2-6-3-9(6)13-11(14)10-7-4-12-5-8(7)10/h6-10,12H,2-5H2,1H3,(H,13,14)/t6?,7-,8+,9?,10?. The Kier molecular flexibility index (Phi) is 1.84. The average molecular weight is 194 g/mol. The zero-order valence-corrected chi connectivity index (χ0v) is 8.62. The first-order valence-corrected chi connectivity index (χ1v) is 5.82. The number of fused-ring (bicyclic) bond motifs is 1. The molecule has 0 aromatic heterocycles. The molecule has 2 aliphatic carbocycles. The van der Waals surface area contributed by atoms with E-state index in [0.29, 0.717) is 29.7 Å². The summed E-state index contributed by atoms with van der Waals surface area (Å²) in [5, 5.41) is 6.49. The van der Waals surface area contributed by atoms with Gasteiger partial charge in [0, 0.05) is 12.0 Å². The van der Waals surface area contributed by atoms with E-state index in [1.165, 1.54) is 12.8 Å². The third-order valence-corrected chi connectivity index (χ3v) is 4.17. The fraction of sp³-hybridized carbons (Fsp3) is 0.909. The highest BCUT2D eigenvalue weighted by Crippen LogP contribution is 2.49. The smallest absolute Gasteiger partial charge is 0.224 e. The predicted octanol–water partition coefficient (Wildman–Crippen LogP) is 0.366. The van der Waals surface area contributed by atoms with Gasteiger partial charge in [0.25, 0.3) is 0 Å². The first-order valence-electron chi connectivity index (χ1n) is 5.82. The topological polar surface area (TPSA) is 41.1 Å². The van der Waals surface area contributed by atoms with E-state index in [4.69, 9.17) is 0 Å². The van der Waals surface area contributed by atoms with Crippen molar-refractivity contribution in [3.8, 4) is 0 Å². The summed E-state index contributed by atoms with van der Waals surface area (Å²) in [6, 6.07) is 0.516. The Hall–Kier alpha value is -0.570. The van der Waals surface area contributed by atoms with Crippen molar-refractivity contribution in [3.63, 3.8) is 0 Å². The second-order valence-corrected chi connectivity index (χ2v) is 5.03. The molecule has 3 rings (SSSR count). The second-order valence-electron chi connectivity index (χ2n) is 5.03. The zero-order chi connectivity index (χ0) is 9.71. The largest absolute Gasteiger partial charge is 0.353 e. The number of piperidine rings is 1. The number of hydrogen-bond donors (Lipinski definition) is 2. The van der Waals surface area contributed by atoms with E-state index in [2.05, 4.69) is 17.6 Å². The Bertz CT molecular complexity index is 256. The third-order valence-electron chi connectivity index (χ3n) is 4.17. The molecule has 3 fully saturated rings. The normalized spacial score (nSPS) is 48.5. The van der Waals surface area contributed by atoms with Gasteiger partial charge < -0.3 is 10.6 Å². The van der Waals surface area contributed by atoms with E-state index in [0.717, 1.165) is 19.0 Å². The maximum absolute atomic E-state index is 11.8. The first kappa shape index (κ1) is 8.72. The van der Waals surface area contributed by atoms with Crippen LogP contribution in [0.3, 0.4) is 0 Å². The van der Waals surface area contributed by atoms with E-state index in [1.807, 2.05) is 0 Å². The van der Waals surface area contributed by atoms with Crippen molar-refractivity contribution in [1.82, 2.24) is 10.6 Å². The van der Waals surface area contributed by atoms with Crippen LogP contribution in [0.15, 0.2) is 0 Å². The number of carbonyl (C=O) groups excluding carboxylic acids is 1. The predicted molar refractivity (Wildman–Crippen MR) is 53.7 cm³/mol. The van der Waals surface area contributed by atoms with E-state index in [1.54, 1.807) is 0 Å². The van der Waals surface area contributed by atoms with Crippen LogP contribution in [0, 0.1) is 23.7 Å². The van der Waals surface area contributed by atoms with E-state index >= 15 is 0 Å². The van der Waals surface area contributed by atoms with Gasteiger partial charge in [-0.1, -0.05) is 13.3 Å². The molecule has 0 aromatic carbocycles. The highest BCUT2D eigenvalue weighted by atomic mass is 16.2. The molecule has 3 heteroatoms. The highest BCUT2D eigenvalue weighted by molar-refractivity contribution is 5.83. The summed E-state index contributed by atoms with van der Waals surface area (Å²) in [4.78, 5) is 11.8. The van der Waals surface area contributed by atoms with Gasteiger partial charge in [-0.3, -0.25) is 4.79 Å². The Balaban J connectivity index is 1.49. The maximum Gasteiger partial charge on any atom is 0.224 e. The number of amides is 1. The molecule has 3 aliphatic rings. The van der Waals surface area contributed by atoms with Crippen LogP contribution < -0.4 is 10.6 Å². The molecule has 3 unspecified atom stereocenters. The number of nitrogens with one attached hydrogen (secondary N) is 2. The third kappa shape index (κ3) is 1.26. The highest BCUT2D eigenvalue weighted by Gasteiger charge is 2.57. The van der Waals surface area contributed by atoms with Gasteiger partial charge in [-0.2, -0.15) is 0 Å². The number of rotatable bonds is 3. The summed E-state index contributed by atoms with van der Waals surface area (Å²) in [7, 11) is 0. The lowest BCUT2D eigenvalue weighted by Crippen LogP contribution is -2.31. The summed E-state index contributed by atoms with van der Waals surface area (Å²) in [6.07, 6.45) is 2.42. The monoisotopic (exact) mass is 194 g/mol. The lowest BCUT2D eigenvalue weighted by Gasteiger charge is -2.06. The van der Waals surface area contributed by atoms with Gasteiger partial charge in [-0.25, -0.2) is 0 Å². The second kappa shape index (κ2) is 2.96. The minimum atomic E-state index is 0.336. The van der Waals surface area contributed by atoms with Crippen molar-refractivity contribution < 1.29 is 4.79 Å².